The van der Waals surface area contributed by atoms with Crippen molar-refractivity contribution in [3.05, 3.63) is 65.4 Å². The number of benzene rings is 2. The molecule has 1 unspecified atom stereocenters. The summed E-state index contributed by atoms with van der Waals surface area (Å²) in [6, 6.07) is 13.9. The second-order valence-corrected chi connectivity index (χ2v) is 6.23. The number of anilines is 1. The first-order valence-electron chi connectivity index (χ1n) is 8.05. The van der Waals surface area contributed by atoms with E-state index in [0.29, 0.717) is 5.39 Å². The van der Waals surface area contributed by atoms with Gasteiger partial charge in [-0.2, -0.15) is 13.2 Å². The molecular weight excluding hydrogens is 349 g/mol. The number of para-hydroxylation sites is 1. The van der Waals surface area contributed by atoms with Crippen LogP contribution in [0.4, 0.5) is 18.9 Å². The predicted molar refractivity (Wildman–Crippen MR) is 96.3 cm³/mol. The minimum atomic E-state index is -4.31. The van der Waals surface area contributed by atoms with E-state index in [9.17, 15) is 13.2 Å². The molecule has 0 amide bonds. The molecule has 4 rings (SSSR count). The Morgan fingerprint density at radius 3 is 2.52 bits per heavy atom. The zero-order chi connectivity index (χ0) is 16.7. The van der Waals surface area contributed by atoms with E-state index in [0.717, 1.165) is 47.8 Å². The summed E-state index contributed by atoms with van der Waals surface area (Å²) in [6.45, 7) is 0. The summed E-state index contributed by atoms with van der Waals surface area (Å²) in [4.78, 5) is 3.34. The van der Waals surface area contributed by atoms with Crippen LogP contribution >= 0.6 is 12.4 Å². The van der Waals surface area contributed by atoms with Crippen LogP contribution < -0.4 is 5.32 Å². The molecule has 1 aliphatic rings. The maximum absolute atomic E-state index is 13.0. The summed E-state index contributed by atoms with van der Waals surface area (Å²) in [7, 11) is 0. The van der Waals surface area contributed by atoms with E-state index in [1.807, 2.05) is 30.3 Å². The molecule has 1 aromatic heterocycles. The summed E-state index contributed by atoms with van der Waals surface area (Å²) in [5.74, 6) is 0. The Morgan fingerprint density at radius 2 is 1.80 bits per heavy atom. The normalized spacial score (nSPS) is 17.0. The summed E-state index contributed by atoms with van der Waals surface area (Å²) in [6.07, 6.45) is -1.58. The molecule has 3 aromatic rings. The highest BCUT2D eigenvalue weighted by atomic mass is 35.5. The van der Waals surface area contributed by atoms with E-state index in [1.54, 1.807) is 0 Å². The van der Waals surface area contributed by atoms with Gasteiger partial charge in [-0.05, 0) is 55.2 Å². The Morgan fingerprint density at radius 1 is 1.04 bits per heavy atom. The topological polar surface area (TPSA) is 27.8 Å². The van der Waals surface area contributed by atoms with Gasteiger partial charge in [0, 0.05) is 22.3 Å². The third-order valence-corrected chi connectivity index (χ3v) is 4.65. The quantitative estimate of drug-likeness (QED) is 0.563. The Kier molecular flexibility index (Phi) is 4.69. The lowest BCUT2D eigenvalue weighted by molar-refractivity contribution is -0.137. The van der Waals surface area contributed by atoms with Crippen LogP contribution in [0, 0.1) is 0 Å². The van der Waals surface area contributed by atoms with Gasteiger partial charge >= 0.3 is 6.18 Å². The first-order chi connectivity index (χ1) is 11.5. The highest BCUT2D eigenvalue weighted by Crippen LogP contribution is 2.39. The van der Waals surface area contributed by atoms with Crippen molar-refractivity contribution in [1.82, 2.24) is 4.98 Å². The van der Waals surface area contributed by atoms with Crippen LogP contribution in [0.3, 0.4) is 0 Å². The van der Waals surface area contributed by atoms with Gasteiger partial charge < -0.3 is 10.3 Å². The van der Waals surface area contributed by atoms with Gasteiger partial charge in [0.15, 0.2) is 0 Å². The summed E-state index contributed by atoms with van der Waals surface area (Å²) in [5.41, 5.74) is 3.23. The van der Waals surface area contributed by atoms with E-state index in [1.165, 1.54) is 12.1 Å². The standard InChI is InChI=1S/C19H17F3N2.ClH/c20-19(21,22)12-9-10-16-15(11-12)14-7-4-8-17(18(14)24-16)23-13-5-2-1-3-6-13;/h1-3,5-6,9-11,17,23-24H,4,7-8H2;1H. The maximum Gasteiger partial charge on any atom is 0.416 e. The van der Waals surface area contributed by atoms with Crippen molar-refractivity contribution in [3.63, 3.8) is 0 Å². The van der Waals surface area contributed by atoms with Gasteiger partial charge in [0.25, 0.3) is 0 Å². The van der Waals surface area contributed by atoms with Crippen molar-refractivity contribution < 1.29 is 13.2 Å². The number of halogens is 4. The van der Waals surface area contributed by atoms with E-state index in [4.69, 9.17) is 0 Å². The summed E-state index contributed by atoms with van der Waals surface area (Å²) >= 11 is 0. The second-order valence-electron chi connectivity index (χ2n) is 6.23. The monoisotopic (exact) mass is 366 g/mol. The van der Waals surface area contributed by atoms with Gasteiger partial charge in [0.05, 0.1) is 11.6 Å². The van der Waals surface area contributed by atoms with Gasteiger partial charge in [-0.25, -0.2) is 0 Å². The molecule has 25 heavy (non-hydrogen) atoms. The second kappa shape index (κ2) is 6.64. The number of aromatic amines is 1. The molecule has 2 nitrogen and oxygen atoms in total. The van der Waals surface area contributed by atoms with Crippen LogP contribution in [0.25, 0.3) is 10.9 Å². The van der Waals surface area contributed by atoms with Gasteiger partial charge in [-0.3, -0.25) is 0 Å². The summed E-state index contributed by atoms with van der Waals surface area (Å²) in [5, 5.41) is 4.18. The number of aromatic nitrogens is 1. The molecule has 1 aliphatic carbocycles. The largest absolute Gasteiger partial charge is 0.416 e. The number of H-pyrrole nitrogens is 1. The molecule has 0 saturated heterocycles. The Labute approximate surface area is 149 Å². The average molecular weight is 367 g/mol. The third-order valence-electron chi connectivity index (χ3n) is 4.65. The van der Waals surface area contributed by atoms with Crippen molar-refractivity contribution in [3.8, 4) is 0 Å². The highest BCUT2D eigenvalue weighted by molar-refractivity contribution is 5.86. The maximum atomic E-state index is 13.0. The molecule has 0 bridgehead atoms. The van der Waals surface area contributed by atoms with Crippen LogP contribution in [0.15, 0.2) is 48.5 Å². The number of alkyl halides is 3. The number of rotatable bonds is 2. The highest BCUT2D eigenvalue weighted by Gasteiger charge is 2.32. The van der Waals surface area contributed by atoms with Crippen molar-refractivity contribution in [2.75, 3.05) is 5.32 Å². The number of hydrogen-bond acceptors (Lipinski definition) is 1. The fourth-order valence-electron chi connectivity index (χ4n) is 3.52. The van der Waals surface area contributed by atoms with Crippen LogP contribution in [-0.4, -0.2) is 4.98 Å². The zero-order valence-electron chi connectivity index (χ0n) is 13.4. The first-order valence-corrected chi connectivity index (χ1v) is 8.05. The van der Waals surface area contributed by atoms with Crippen LogP contribution in [0.2, 0.25) is 0 Å². The number of aryl methyl sites for hydroxylation is 1. The van der Waals surface area contributed by atoms with Crippen molar-refractivity contribution >= 4 is 29.0 Å². The van der Waals surface area contributed by atoms with E-state index >= 15 is 0 Å². The van der Waals surface area contributed by atoms with E-state index in [-0.39, 0.29) is 18.4 Å². The van der Waals surface area contributed by atoms with Gasteiger partial charge in [-0.1, -0.05) is 18.2 Å². The molecule has 0 fully saturated rings. The van der Waals surface area contributed by atoms with Gasteiger partial charge in [0.1, 0.15) is 0 Å². The van der Waals surface area contributed by atoms with Crippen molar-refractivity contribution in [1.29, 1.82) is 0 Å². The number of nitrogens with one attached hydrogen (secondary N) is 2. The lowest BCUT2D eigenvalue weighted by Crippen LogP contribution is -2.17. The van der Waals surface area contributed by atoms with Crippen molar-refractivity contribution in [2.24, 2.45) is 0 Å². The third kappa shape index (κ3) is 3.33. The Hall–Kier alpha value is -2.14. The smallest absolute Gasteiger partial charge is 0.377 e. The number of fused-ring (bicyclic) bond motifs is 3. The molecule has 2 N–H and O–H groups in total. The molecule has 6 heteroatoms. The molecule has 0 aliphatic heterocycles. The van der Waals surface area contributed by atoms with Gasteiger partial charge in [-0.15, -0.1) is 12.4 Å². The fourth-order valence-corrected chi connectivity index (χ4v) is 3.52. The lowest BCUT2D eigenvalue weighted by atomic mass is 9.91. The molecule has 0 saturated carbocycles. The SMILES string of the molecule is Cl.FC(F)(F)c1ccc2[nH]c3c(c2c1)CCCC3Nc1ccccc1. The Bertz CT molecular complexity index is 872. The fraction of sp³-hybridized carbons (Fsp3) is 0.263. The summed E-state index contributed by atoms with van der Waals surface area (Å²) < 4.78 is 39.0. The number of hydrogen-bond donors (Lipinski definition) is 2. The van der Waals surface area contributed by atoms with E-state index in [2.05, 4.69) is 10.3 Å². The molecule has 0 spiro atoms. The molecule has 2 aromatic carbocycles. The average Bonchev–Trinajstić information content (AvgIpc) is 2.94. The lowest BCUT2D eigenvalue weighted by Gasteiger charge is -2.24. The minimum Gasteiger partial charge on any atom is -0.377 e. The minimum absolute atomic E-state index is 0. The van der Waals surface area contributed by atoms with Gasteiger partial charge in [0.2, 0.25) is 0 Å². The van der Waals surface area contributed by atoms with Crippen LogP contribution in [0.5, 0.6) is 0 Å². The molecule has 132 valence electrons. The molecular formula is C19H18ClF3N2. The van der Waals surface area contributed by atoms with Crippen molar-refractivity contribution in [2.45, 2.75) is 31.5 Å². The molecule has 1 heterocycles. The Balaban J connectivity index is 0.00000182. The molecule has 1 atom stereocenters. The first kappa shape index (κ1) is 17.7. The zero-order valence-corrected chi connectivity index (χ0v) is 14.2. The van der Waals surface area contributed by atoms with Crippen LogP contribution in [-0.2, 0) is 12.6 Å². The van der Waals surface area contributed by atoms with E-state index < -0.39 is 11.7 Å². The predicted octanol–water partition coefficient (Wildman–Crippen LogP) is 6.10. The molecule has 0 radical (unpaired) electrons. The van der Waals surface area contributed by atoms with Crippen LogP contribution in [0.1, 0.15) is 35.7 Å².